The molecule has 0 bridgehead atoms. The molecule has 1 aliphatic rings. The standard InChI is InChI=1S/C19H18O3S/c1-3-22-16-11-7-10-14-12-15(19(20)21-2)17(23-18(14)16)13-8-5-4-6-9-13/h4-12,17H,3H2,1-2H3. The van der Waals surface area contributed by atoms with Crippen LogP contribution in [0.2, 0.25) is 0 Å². The van der Waals surface area contributed by atoms with Gasteiger partial charge in [-0.3, -0.25) is 0 Å². The predicted molar refractivity (Wildman–Crippen MR) is 92.6 cm³/mol. The smallest absolute Gasteiger partial charge is 0.335 e. The molecule has 1 unspecified atom stereocenters. The molecule has 0 fully saturated rings. The van der Waals surface area contributed by atoms with Gasteiger partial charge in [0.2, 0.25) is 0 Å². The zero-order valence-corrected chi connectivity index (χ0v) is 13.9. The summed E-state index contributed by atoms with van der Waals surface area (Å²) in [6, 6.07) is 15.9. The molecule has 23 heavy (non-hydrogen) atoms. The van der Waals surface area contributed by atoms with E-state index in [1.54, 1.807) is 11.8 Å². The van der Waals surface area contributed by atoms with Crippen LogP contribution in [0.1, 0.15) is 23.3 Å². The maximum Gasteiger partial charge on any atom is 0.335 e. The summed E-state index contributed by atoms with van der Waals surface area (Å²) in [6.45, 7) is 2.58. The maximum absolute atomic E-state index is 12.2. The first-order valence-corrected chi connectivity index (χ1v) is 8.40. The van der Waals surface area contributed by atoms with Gasteiger partial charge in [-0.2, -0.15) is 0 Å². The van der Waals surface area contributed by atoms with Crippen LogP contribution in [0.3, 0.4) is 0 Å². The molecule has 0 amide bonds. The summed E-state index contributed by atoms with van der Waals surface area (Å²) in [4.78, 5) is 13.3. The summed E-state index contributed by atoms with van der Waals surface area (Å²) >= 11 is 1.63. The molecular formula is C19H18O3S. The number of fused-ring (bicyclic) bond motifs is 1. The van der Waals surface area contributed by atoms with Crippen molar-refractivity contribution < 1.29 is 14.3 Å². The fraction of sp³-hybridized carbons (Fsp3) is 0.211. The Bertz CT molecular complexity index is 738. The van der Waals surface area contributed by atoms with Crippen molar-refractivity contribution in [2.75, 3.05) is 13.7 Å². The molecule has 1 heterocycles. The van der Waals surface area contributed by atoms with Gasteiger partial charge >= 0.3 is 5.97 Å². The van der Waals surface area contributed by atoms with E-state index >= 15 is 0 Å². The van der Waals surface area contributed by atoms with Crippen LogP contribution in [0, 0.1) is 0 Å². The Hall–Kier alpha value is -2.20. The summed E-state index contributed by atoms with van der Waals surface area (Å²) in [7, 11) is 1.42. The Morgan fingerprint density at radius 3 is 2.61 bits per heavy atom. The van der Waals surface area contributed by atoms with E-state index in [1.165, 1.54) is 7.11 Å². The summed E-state index contributed by atoms with van der Waals surface area (Å²) < 4.78 is 10.7. The molecule has 2 aromatic carbocycles. The molecule has 3 rings (SSSR count). The van der Waals surface area contributed by atoms with E-state index in [4.69, 9.17) is 9.47 Å². The SMILES string of the molecule is CCOc1cccc2c1SC(c1ccccc1)C(C(=O)OC)=C2. The van der Waals surface area contributed by atoms with Crippen LogP contribution in [0.15, 0.2) is 59.0 Å². The molecule has 0 saturated heterocycles. The van der Waals surface area contributed by atoms with E-state index in [0.29, 0.717) is 12.2 Å². The van der Waals surface area contributed by atoms with Gasteiger partial charge in [0.05, 0.1) is 29.4 Å². The van der Waals surface area contributed by atoms with E-state index in [2.05, 4.69) is 0 Å². The molecule has 3 nitrogen and oxygen atoms in total. The number of hydrogen-bond acceptors (Lipinski definition) is 4. The van der Waals surface area contributed by atoms with Gasteiger partial charge in [-0.25, -0.2) is 4.79 Å². The second-order valence-electron chi connectivity index (χ2n) is 5.11. The molecular weight excluding hydrogens is 308 g/mol. The van der Waals surface area contributed by atoms with Crippen molar-refractivity contribution in [1.29, 1.82) is 0 Å². The fourth-order valence-corrected chi connectivity index (χ4v) is 3.95. The molecule has 4 heteroatoms. The van der Waals surface area contributed by atoms with Crippen LogP contribution in [0.25, 0.3) is 6.08 Å². The lowest BCUT2D eigenvalue weighted by Crippen LogP contribution is -2.14. The number of methoxy groups -OCH3 is 1. The Morgan fingerprint density at radius 2 is 1.91 bits per heavy atom. The third kappa shape index (κ3) is 3.13. The zero-order chi connectivity index (χ0) is 16.2. The first kappa shape index (κ1) is 15.7. The van der Waals surface area contributed by atoms with Gasteiger partial charge in [-0.05, 0) is 30.2 Å². The Labute approximate surface area is 140 Å². The number of hydrogen-bond donors (Lipinski definition) is 0. The van der Waals surface area contributed by atoms with Gasteiger partial charge in [0, 0.05) is 0 Å². The summed E-state index contributed by atoms with van der Waals surface area (Å²) in [6.07, 6.45) is 1.91. The molecule has 0 aliphatic carbocycles. The van der Waals surface area contributed by atoms with Crippen molar-refractivity contribution in [2.45, 2.75) is 17.1 Å². The first-order chi connectivity index (χ1) is 11.2. The third-order valence-electron chi connectivity index (χ3n) is 3.66. The number of thioether (sulfide) groups is 1. The van der Waals surface area contributed by atoms with Gasteiger partial charge in [0.25, 0.3) is 0 Å². The second kappa shape index (κ2) is 6.92. The lowest BCUT2D eigenvalue weighted by molar-refractivity contribution is -0.136. The number of carbonyl (C=O) groups is 1. The van der Waals surface area contributed by atoms with Crippen molar-refractivity contribution in [3.05, 3.63) is 65.2 Å². The highest BCUT2D eigenvalue weighted by atomic mass is 32.2. The maximum atomic E-state index is 12.2. The summed E-state index contributed by atoms with van der Waals surface area (Å²) in [5, 5.41) is -0.0993. The van der Waals surface area contributed by atoms with Crippen LogP contribution >= 0.6 is 11.8 Å². The fourth-order valence-electron chi connectivity index (χ4n) is 2.63. The molecule has 2 aromatic rings. The molecule has 118 valence electrons. The van der Waals surface area contributed by atoms with Crippen LogP contribution in [-0.4, -0.2) is 19.7 Å². The van der Waals surface area contributed by atoms with Crippen molar-refractivity contribution in [3.8, 4) is 5.75 Å². The van der Waals surface area contributed by atoms with Crippen molar-refractivity contribution in [1.82, 2.24) is 0 Å². The third-order valence-corrected chi connectivity index (χ3v) is 5.10. The largest absolute Gasteiger partial charge is 0.493 e. The minimum atomic E-state index is -0.293. The van der Waals surface area contributed by atoms with E-state index < -0.39 is 0 Å². The highest BCUT2D eigenvalue weighted by Crippen LogP contribution is 2.50. The van der Waals surface area contributed by atoms with Gasteiger partial charge < -0.3 is 9.47 Å². The van der Waals surface area contributed by atoms with E-state index in [0.717, 1.165) is 21.8 Å². The van der Waals surface area contributed by atoms with Crippen LogP contribution in [-0.2, 0) is 9.53 Å². The van der Waals surface area contributed by atoms with Gasteiger partial charge in [0.15, 0.2) is 0 Å². The minimum absolute atomic E-state index is 0.0993. The predicted octanol–water partition coefficient (Wildman–Crippen LogP) is 4.49. The molecule has 0 N–H and O–H groups in total. The van der Waals surface area contributed by atoms with Gasteiger partial charge in [-0.15, -0.1) is 11.8 Å². The van der Waals surface area contributed by atoms with Crippen LogP contribution in [0.5, 0.6) is 5.75 Å². The van der Waals surface area contributed by atoms with Gasteiger partial charge in [-0.1, -0.05) is 42.5 Å². The first-order valence-electron chi connectivity index (χ1n) is 7.52. The lowest BCUT2D eigenvalue weighted by atomic mass is 10.0. The average molecular weight is 326 g/mol. The highest BCUT2D eigenvalue weighted by Gasteiger charge is 2.30. The molecule has 0 spiro atoms. The summed E-state index contributed by atoms with van der Waals surface area (Å²) in [5.41, 5.74) is 2.73. The highest BCUT2D eigenvalue weighted by molar-refractivity contribution is 8.00. The zero-order valence-electron chi connectivity index (χ0n) is 13.1. The minimum Gasteiger partial charge on any atom is -0.493 e. The van der Waals surface area contributed by atoms with E-state index in [-0.39, 0.29) is 11.2 Å². The number of rotatable bonds is 4. The molecule has 1 atom stereocenters. The molecule has 0 radical (unpaired) electrons. The second-order valence-corrected chi connectivity index (χ2v) is 6.22. The average Bonchev–Trinajstić information content (AvgIpc) is 2.61. The quantitative estimate of drug-likeness (QED) is 0.776. The van der Waals surface area contributed by atoms with Crippen molar-refractivity contribution in [2.24, 2.45) is 0 Å². The summed E-state index contributed by atoms with van der Waals surface area (Å²) in [5.74, 6) is 0.565. The monoisotopic (exact) mass is 326 g/mol. The number of benzene rings is 2. The Morgan fingerprint density at radius 1 is 1.13 bits per heavy atom. The van der Waals surface area contributed by atoms with Crippen LogP contribution in [0.4, 0.5) is 0 Å². The van der Waals surface area contributed by atoms with Crippen molar-refractivity contribution >= 4 is 23.8 Å². The molecule has 0 saturated carbocycles. The van der Waals surface area contributed by atoms with Crippen LogP contribution < -0.4 is 4.74 Å². The molecule has 0 aromatic heterocycles. The Kier molecular flexibility index (Phi) is 4.72. The molecule has 1 aliphatic heterocycles. The number of esters is 1. The number of carbonyl (C=O) groups excluding carboxylic acids is 1. The number of ether oxygens (including phenoxy) is 2. The Balaban J connectivity index is 2.10. The topological polar surface area (TPSA) is 35.5 Å². The van der Waals surface area contributed by atoms with Gasteiger partial charge in [0.1, 0.15) is 5.75 Å². The van der Waals surface area contributed by atoms with E-state index in [9.17, 15) is 4.79 Å². The normalized spacial score (nSPS) is 16.3. The van der Waals surface area contributed by atoms with Crippen molar-refractivity contribution in [3.63, 3.8) is 0 Å². The lowest BCUT2D eigenvalue weighted by Gasteiger charge is -2.26. The van der Waals surface area contributed by atoms with E-state index in [1.807, 2.05) is 61.5 Å².